The van der Waals surface area contributed by atoms with Crippen molar-refractivity contribution in [2.75, 3.05) is 6.61 Å². The smallest absolute Gasteiger partial charge is 0.195 e. The zero-order valence-corrected chi connectivity index (χ0v) is 9.52. The van der Waals surface area contributed by atoms with E-state index in [9.17, 15) is 0 Å². The Bertz CT molecular complexity index is 393. The Hall–Kier alpha value is -0.680. The number of aromatic amines is 1. The van der Waals surface area contributed by atoms with Gasteiger partial charge < -0.3 is 4.74 Å². The fraction of sp³-hybridized carbons (Fsp3) is 0.778. The van der Waals surface area contributed by atoms with Crippen molar-refractivity contribution < 1.29 is 4.74 Å². The van der Waals surface area contributed by atoms with Gasteiger partial charge in [-0.1, -0.05) is 0 Å². The third-order valence-corrected chi connectivity index (χ3v) is 2.93. The lowest BCUT2D eigenvalue weighted by Crippen LogP contribution is -2.17. The van der Waals surface area contributed by atoms with Crippen molar-refractivity contribution in [3.05, 3.63) is 10.6 Å². The van der Waals surface area contributed by atoms with Crippen LogP contribution in [0, 0.1) is 11.7 Å². The highest BCUT2D eigenvalue weighted by Crippen LogP contribution is 2.32. The molecule has 1 saturated heterocycles. The number of rotatable bonds is 1. The van der Waals surface area contributed by atoms with Gasteiger partial charge in [0, 0.05) is 0 Å². The quantitative estimate of drug-likeness (QED) is 0.725. The number of ether oxygens (including phenoxy) is 1. The van der Waals surface area contributed by atoms with Gasteiger partial charge in [-0.2, -0.15) is 5.10 Å². The second-order valence-corrected chi connectivity index (χ2v) is 4.76. The molecule has 14 heavy (non-hydrogen) atoms. The van der Waals surface area contributed by atoms with Crippen LogP contribution >= 0.6 is 12.2 Å². The second-order valence-electron chi connectivity index (χ2n) is 4.37. The summed E-state index contributed by atoms with van der Waals surface area (Å²) in [5.74, 6) is 0.932. The van der Waals surface area contributed by atoms with E-state index in [0.29, 0.717) is 10.8 Å². The Morgan fingerprint density at radius 2 is 2.36 bits per heavy atom. The zero-order valence-electron chi connectivity index (χ0n) is 8.70. The summed E-state index contributed by atoms with van der Waals surface area (Å²) < 4.78 is 8.41. The van der Waals surface area contributed by atoms with Crippen molar-refractivity contribution in [3.63, 3.8) is 0 Å². The first-order chi connectivity index (χ1) is 6.49. The molecule has 0 spiro atoms. The Balaban J connectivity index is 2.30. The van der Waals surface area contributed by atoms with Gasteiger partial charge in [-0.15, -0.1) is 0 Å². The lowest BCUT2D eigenvalue weighted by molar-refractivity contribution is 0.0351. The van der Waals surface area contributed by atoms with Crippen LogP contribution in [0.4, 0.5) is 0 Å². The highest BCUT2D eigenvalue weighted by molar-refractivity contribution is 7.71. The molecule has 4 nitrogen and oxygen atoms in total. The SMILES string of the molecule is Cc1n[nH]c(=S)n1C1COC(C)(C)C1. The maximum Gasteiger partial charge on any atom is 0.195 e. The molecule has 1 unspecified atom stereocenters. The van der Waals surface area contributed by atoms with E-state index in [1.807, 2.05) is 11.5 Å². The molecule has 2 heterocycles. The van der Waals surface area contributed by atoms with E-state index in [1.165, 1.54) is 0 Å². The van der Waals surface area contributed by atoms with E-state index in [4.69, 9.17) is 17.0 Å². The van der Waals surface area contributed by atoms with E-state index >= 15 is 0 Å². The van der Waals surface area contributed by atoms with Crippen LogP contribution in [0.15, 0.2) is 0 Å². The average Bonchev–Trinajstić information content (AvgIpc) is 2.56. The first-order valence-electron chi connectivity index (χ1n) is 4.77. The monoisotopic (exact) mass is 213 g/mol. The number of hydrogen-bond donors (Lipinski definition) is 1. The van der Waals surface area contributed by atoms with E-state index in [-0.39, 0.29) is 5.60 Å². The number of nitrogens with zero attached hydrogens (tertiary/aromatic N) is 2. The third kappa shape index (κ3) is 1.62. The summed E-state index contributed by atoms with van der Waals surface area (Å²) in [6.07, 6.45) is 0.988. The van der Waals surface area contributed by atoms with E-state index in [2.05, 4.69) is 24.0 Å². The molecule has 5 heteroatoms. The Morgan fingerprint density at radius 3 is 2.79 bits per heavy atom. The highest BCUT2D eigenvalue weighted by Gasteiger charge is 2.33. The van der Waals surface area contributed by atoms with Crippen LogP contribution in [0.2, 0.25) is 0 Å². The van der Waals surface area contributed by atoms with E-state index in [0.717, 1.165) is 18.9 Å². The molecular formula is C9H15N3OS. The summed E-state index contributed by atoms with van der Waals surface area (Å²) in [5.41, 5.74) is -0.0385. The summed E-state index contributed by atoms with van der Waals surface area (Å²) >= 11 is 5.17. The number of H-pyrrole nitrogens is 1. The van der Waals surface area contributed by atoms with Gasteiger partial charge in [-0.3, -0.25) is 9.67 Å². The van der Waals surface area contributed by atoms with Gasteiger partial charge in [0.05, 0.1) is 18.2 Å². The van der Waals surface area contributed by atoms with Crippen LogP contribution < -0.4 is 0 Å². The van der Waals surface area contributed by atoms with E-state index < -0.39 is 0 Å². The summed E-state index contributed by atoms with van der Waals surface area (Å²) in [4.78, 5) is 0. The minimum atomic E-state index is -0.0385. The predicted octanol–water partition coefficient (Wildman–Crippen LogP) is 1.99. The third-order valence-electron chi connectivity index (χ3n) is 2.64. The van der Waals surface area contributed by atoms with Gasteiger partial charge >= 0.3 is 0 Å². The average molecular weight is 213 g/mol. The number of nitrogens with one attached hydrogen (secondary N) is 1. The molecule has 0 saturated carbocycles. The molecule has 0 aromatic carbocycles. The zero-order chi connectivity index (χ0) is 10.3. The van der Waals surface area contributed by atoms with Crippen molar-refractivity contribution in [2.45, 2.75) is 38.8 Å². The molecule has 1 atom stereocenters. The van der Waals surface area contributed by atoms with Crippen molar-refractivity contribution in [1.29, 1.82) is 0 Å². The van der Waals surface area contributed by atoms with E-state index in [1.54, 1.807) is 0 Å². The first kappa shape index (κ1) is 9.86. The topological polar surface area (TPSA) is 42.8 Å². The van der Waals surface area contributed by atoms with Crippen molar-refractivity contribution in [2.24, 2.45) is 0 Å². The highest BCUT2D eigenvalue weighted by atomic mass is 32.1. The summed E-state index contributed by atoms with van der Waals surface area (Å²) in [6.45, 7) is 6.89. The largest absolute Gasteiger partial charge is 0.373 e. The molecule has 1 aliphatic rings. The van der Waals surface area contributed by atoms with Crippen molar-refractivity contribution >= 4 is 12.2 Å². The molecule has 1 N–H and O–H groups in total. The van der Waals surface area contributed by atoms with Crippen LogP contribution in [-0.4, -0.2) is 27.0 Å². The van der Waals surface area contributed by atoms with Crippen LogP contribution in [0.25, 0.3) is 0 Å². The summed E-state index contributed by atoms with van der Waals surface area (Å²) in [5, 5.41) is 6.90. The Labute approximate surface area is 88.3 Å². The lowest BCUT2D eigenvalue weighted by Gasteiger charge is -2.16. The van der Waals surface area contributed by atoms with Gasteiger partial charge in [-0.25, -0.2) is 0 Å². The normalized spacial score (nSPS) is 25.5. The van der Waals surface area contributed by atoms with Crippen LogP contribution in [0.1, 0.15) is 32.1 Å². The first-order valence-corrected chi connectivity index (χ1v) is 5.18. The molecule has 0 amide bonds. The fourth-order valence-electron chi connectivity index (χ4n) is 1.99. The lowest BCUT2D eigenvalue weighted by atomic mass is 10.0. The molecule has 0 aliphatic carbocycles. The Morgan fingerprint density at radius 1 is 1.64 bits per heavy atom. The summed E-state index contributed by atoms with van der Waals surface area (Å²) in [7, 11) is 0. The molecule has 1 aliphatic heterocycles. The number of hydrogen-bond acceptors (Lipinski definition) is 3. The second kappa shape index (κ2) is 3.17. The number of aryl methyl sites for hydroxylation is 1. The van der Waals surface area contributed by atoms with Crippen molar-refractivity contribution in [3.8, 4) is 0 Å². The van der Waals surface area contributed by atoms with Crippen LogP contribution in [-0.2, 0) is 4.74 Å². The number of aromatic nitrogens is 3. The molecule has 1 fully saturated rings. The molecule has 1 aromatic heterocycles. The molecule has 78 valence electrons. The molecule has 0 bridgehead atoms. The Kier molecular flexibility index (Phi) is 2.23. The van der Waals surface area contributed by atoms with Crippen LogP contribution in [0.3, 0.4) is 0 Å². The minimum Gasteiger partial charge on any atom is -0.373 e. The van der Waals surface area contributed by atoms with Gasteiger partial charge in [0.15, 0.2) is 4.77 Å². The standard InChI is InChI=1S/C9H15N3OS/c1-6-10-11-8(14)12(6)7-4-9(2,3)13-5-7/h7H,4-5H2,1-3H3,(H,11,14). The maximum absolute atomic E-state index is 5.68. The van der Waals surface area contributed by atoms with Gasteiger partial charge in [-0.05, 0) is 39.4 Å². The fourth-order valence-corrected chi connectivity index (χ4v) is 2.31. The molecule has 2 rings (SSSR count). The summed E-state index contributed by atoms with van der Waals surface area (Å²) in [6, 6.07) is 0.330. The van der Waals surface area contributed by atoms with Crippen LogP contribution in [0.5, 0.6) is 0 Å². The minimum absolute atomic E-state index is 0.0385. The predicted molar refractivity (Wildman–Crippen MR) is 55.8 cm³/mol. The molecule has 1 aromatic rings. The van der Waals surface area contributed by atoms with Crippen molar-refractivity contribution in [1.82, 2.24) is 14.8 Å². The van der Waals surface area contributed by atoms with Gasteiger partial charge in [0.25, 0.3) is 0 Å². The molecular weight excluding hydrogens is 198 g/mol. The maximum atomic E-state index is 5.68. The molecule has 0 radical (unpaired) electrons. The van der Waals surface area contributed by atoms with Gasteiger partial charge in [0.1, 0.15) is 5.82 Å². The van der Waals surface area contributed by atoms with Gasteiger partial charge in [0.2, 0.25) is 0 Å².